The Morgan fingerprint density at radius 3 is 2.75 bits per heavy atom. The number of aromatic amines is 1. The van der Waals surface area contributed by atoms with Crippen LogP contribution in [0.3, 0.4) is 0 Å². The maximum atomic E-state index is 12.9. The standard InChI is InChI=1S/C11H13F2N3/c12-11(13,7-14)6-5-10-15-8-3-1-2-4-9(8)16-10/h1-4H,5-7,14H2,(H,15,16). The molecular weight excluding hydrogens is 212 g/mol. The summed E-state index contributed by atoms with van der Waals surface area (Å²) < 4.78 is 25.9. The van der Waals surface area contributed by atoms with Gasteiger partial charge in [-0.05, 0) is 12.1 Å². The predicted octanol–water partition coefficient (Wildman–Crippen LogP) is 2.09. The lowest BCUT2D eigenvalue weighted by Crippen LogP contribution is -2.28. The quantitative estimate of drug-likeness (QED) is 0.837. The van der Waals surface area contributed by atoms with E-state index in [1.807, 2.05) is 24.3 Å². The summed E-state index contributed by atoms with van der Waals surface area (Å²) in [7, 11) is 0. The number of nitrogens with one attached hydrogen (secondary N) is 1. The van der Waals surface area contributed by atoms with Crippen molar-refractivity contribution in [3.63, 3.8) is 0 Å². The van der Waals surface area contributed by atoms with E-state index >= 15 is 0 Å². The summed E-state index contributed by atoms with van der Waals surface area (Å²) in [5.74, 6) is -2.23. The fraction of sp³-hybridized carbons (Fsp3) is 0.364. The van der Waals surface area contributed by atoms with Gasteiger partial charge in [0.2, 0.25) is 0 Å². The van der Waals surface area contributed by atoms with Crippen LogP contribution in [0.25, 0.3) is 11.0 Å². The summed E-state index contributed by atoms with van der Waals surface area (Å²) >= 11 is 0. The van der Waals surface area contributed by atoms with E-state index in [2.05, 4.69) is 9.97 Å². The number of rotatable bonds is 4. The van der Waals surface area contributed by atoms with Gasteiger partial charge in [-0.2, -0.15) is 0 Å². The van der Waals surface area contributed by atoms with E-state index in [1.54, 1.807) is 0 Å². The number of hydrogen-bond donors (Lipinski definition) is 2. The van der Waals surface area contributed by atoms with Crippen LogP contribution in [0.15, 0.2) is 24.3 Å². The van der Waals surface area contributed by atoms with Gasteiger partial charge in [-0.1, -0.05) is 12.1 Å². The summed E-state index contributed by atoms with van der Waals surface area (Å²) in [6.07, 6.45) is -0.0673. The molecule has 1 heterocycles. The molecule has 16 heavy (non-hydrogen) atoms. The number of alkyl halides is 2. The largest absolute Gasteiger partial charge is 0.342 e. The van der Waals surface area contributed by atoms with Crippen molar-refractivity contribution in [2.75, 3.05) is 6.54 Å². The number of aromatic nitrogens is 2. The Morgan fingerprint density at radius 1 is 1.31 bits per heavy atom. The van der Waals surface area contributed by atoms with E-state index < -0.39 is 12.5 Å². The molecule has 86 valence electrons. The smallest absolute Gasteiger partial charge is 0.260 e. The van der Waals surface area contributed by atoms with Gasteiger partial charge >= 0.3 is 0 Å². The summed E-state index contributed by atoms with van der Waals surface area (Å²) in [4.78, 5) is 7.23. The lowest BCUT2D eigenvalue weighted by Gasteiger charge is -2.11. The van der Waals surface area contributed by atoms with E-state index in [-0.39, 0.29) is 12.8 Å². The number of benzene rings is 1. The highest BCUT2D eigenvalue weighted by Crippen LogP contribution is 2.19. The van der Waals surface area contributed by atoms with E-state index in [0.29, 0.717) is 5.82 Å². The summed E-state index contributed by atoms with van der Waals surface area (Å²) in [6, 6.07) is 7.45. The van der Waals surface area contributed by atoms with E-state index in [0.717, 1.165) is 11.0 Å². The van der Waals surface area contributed by atoms with Crippen LogP contribution in [0.5, 0.6) is 0 Å². The maximum Gasteiger partial charge on any atom is 0.260 e. The predicted molar refractivity (Wildman–Crippen MR) is 58.4 cm³/mol. The number of halogens is 2. The zero-order valence-corrected chi connectivity index (χ0v) is 8.71. The van der Waals surface area contributed by atoms with Crippen LogP contribution >= 0.6 is 0 Å². The van der Waals surface area contributed by atoms with Crippen molar-refractivity contribution in [2.24, 2.45) is 5.73 Å². The lowest BCUT2D eigenvalue weighted by atomic mass is 10.2. The third-order valence-corrected chi connectivity index (χ3v) is 2.46. The van der Waals surface area contributed by atoms with Crippen LogP contribution in [0.1, 0.15) is 12.2 Å². The molecule has 3 nitrogen and oxygen atoms in total. The fourth-order valence-electron chi connectivity index (χ4n) is 1.53. The highest BCUT2D eigenvalue weighted by molar-refractivity contribution is 5.74. The second kappa shape index (κ2) is 4.17. The molecule has 0 aliphatic heterocycles. The monoisotopic (exact) mass is 225 g/mol. The lowest BCUT2D eigenvalue weighted by molar-refractivity contribution is 0.00204. The molecule has 0 unspecified atom stereocenters. The van der Waals surface area contributed by atoms with Crippen molar-refractivity contribution in [1.29, 1.82) is 0 Å². The summed E-state index contributed by atoms with van der Waals surface area (Å²) in [6.45, 7) is -0.618. The van der Waals surface area contributed by atoms with Crippen LogP contribution in [0, 0.1) is 0 Å². The van der Waals surface area contributed by atoms with Gasteiger partial charge in [0.1, 0.15) is 5.82 Å². The molecule has 0 radical (unpaired) electrons. The molecule has 1 aromatic carbocycles. The highest BCUT2D eigenvalue weighted by atomic mass is 19.3. The van der Waals surface area contributed by atoms with Crippen LogP contribution in [0.4, 0.5) is 8.78 Å². The normalized spacial score (nSPS) is 12.2. The van der Waals surface area contributed by atoms with Gasteiger partial charge in [-0.3, -0.25) is 0 Å². The molecule has 0 atom stereocenters. The second-order valence-electron chi connectivity index (χ2n) is 3.76. The number of nitrogens with two attached hydrogens (primary N) is 1. The first-order valence-electron chi connectivity index (χ1n) is 5.12. The number of H-pyrrole nitrogens is 1. The zero-order valence-electron chi connectivity index (χ0n) is 8.71. The Hall–Kier alpha value is -1.49. The fourth-order valence-corrected chi connectivity index (χ4v) is 1.53. The number of para-hydroxylation sites is 2. The number of fused-ring (bicyclic) bond motifs is 1. The molecule has 0 bridgehead atoms. The molecule has 0 saturated carbocycles. The average molecular weight is 225 g/mol. The summed E-state index contributed by atoms with van der Waals surface area (Å²) in [5, 5.41) is 0. The third kappa shape index (κ3) is 2.36. The van der Waals surface area contributed by atoms with Crippen LogP contribution < -0.4 is 5.73 Å². The number of aryl methyl sites for hydroxylation is 1. The molecule has 2 aromatic rings. The highest BCUT2D eigenvalue weighted by Gasteiger charge is 2.26. The van der Waals surface area contributed by atoms with Crippen LogP contribution in [0.2, 0.25) is 0 Å². The Bertz CT molecular complexity index is 446. The zero-order chi connectivity index (χ0) is 11.6. The Morgan fingerprint density at radius 2 is 2.06 bits per heavy atom. The molecule has 0 aliphatic rings. The van der Waals surface area contributed by atoms with Gasteiger partial charge in [-0.15, -0.1) is 0 Å². The molecule has 3 N–H and O–H groups in total. The molecule has 1 aromatic heterocycles. The number of nitrogens with zero attached hydrogens (tertiary/aromatic N) is 1. The SMILES string of the molecule is NCC(F)(F)CCc1nc2ccccc2[nH]1. The first-order chi connectivity index (χ1) is 7.61. The van der Waals surface area contributed by atoms with Gasteiger partial charge in [-0.25, -0.2) is 13.8 Å². The Kier molecular flexibility index (Phi) is 2.87. The van der Waals surface area contributed by atoms with Crippen molar-refractivity contribution >= 4 is 11.0 Å². The molecule has 0 amide bonds. The van der Waals surface area contributed by atoms with E-state index in [9.17, 15) is 8.78 Å². The first kappa shape index (κ1) is 11.0. The van der Waals surface area contributed by atoms with Crippen molar-refractivity contribution in [3.05, 3.63) is 30.1 Å². The van der Waals surface area contributed by atoms with Gasteiger partial charge in [0.15, 0.2) is 0 Å². The minimum absolute atomic E-state index is 0.207. The number of imidazole rings is 1. The molecule has 2 rings (SSSR count). The molecule has 0 fully saturated rings. The molecule has 0 aliphatic carbocycles. The topological polar surface area (TPSA) is 54.7 Å². The van der Waals surface area contributed by atoms with Gasteiger partial charge in [0.25, 0.3) is 5.92 Å². The van der Waals surface area contributed by atoms with Gasteiger partial charge in [0, 0.05) is 12.8 Å². The third-order valence-electron chi connectivity index (χ3n) is 2.46. The van der Waals surface area contributed by atoms with Crippen molar-refractivity contribution in [3.8, 4) is 0 Å². The van der Waals surface area contributed by atoms with Gasteiger partial charge < -0.3 is 10.7 Å². The van der Waals surface area contributed by atoms with Crippen molar-refractivity contribution in [1.82, 2.24) is 9.97 Å². The summed E-state index contributed by atoms with van der Waals surface area (Å²) in [5.41, 5.74) is 6.63. The Labute approximate surface area is 91.7 Å². The maximum absolute atomic E-state index is 12.9. The van der Waals surface area contributed by atoms with Gasteiger partial charge in [0.05, 0.1) is 17.6 Å². The minimum atomic E-state index is -2.81. The molecule has 5 heteroatoms. The molecular formula is C11H13F2N3. The first-order valence-corrected chi connectivity index (χ1v) is 5.12. The average Bonchev–Trinajstić information content (AvgIpc) is 2.69. The molecule has 0 spiro atoms. The van der Waals surface area contributed by atoms with Crippen molar-refractivity contribution < 1.29 is 8.78 Å². The number of hydrogen-bond acceptors (Lipinski definition) is 2. The van der Waals surface area contributed by atoms with Crippen molar-refractivity contribution in [2.45, 2.75) is 18.8 Å². The van der Waals surface area contributed by atoms with Crippen LogP contribution in [-0.2, 0) is 6.42 Å². The Balaban J connectivity index is 2.10. The second-order valence-corrected chi connectivity index (χ2v) is 3.76. The van der Waals surface area contributed by atoms with E-state index in [1.165, 1.54) is 0 Å². The van der Waals surface area contributed by atoms with E-state index in [4.69, 9.17) is 5.73 Å². The van der Waals surface area contributed by atoms with Crippen LogP contribution in [-0.4, -0.2) is 22.4 Å². The minimum Gasteiger partial charge on any atom is -0.342 e. The molecule has 0 saturated heterocycles.